The number of nitrogens with one attached hydrogen (secondary N) is 2. The molecule has 1 saturated heterocycles. The lowest BCUT2D eigenvalue weighted by Gasteiger charge is -2.23. The zero-order valence-electron chi connectivity index (χ0n) is 10.5. The quantitative estimate of drug-likeness (QED) is 0.403. The molecule has 1 unspecified atom stereocenters. The molecule has 1 fully saturated rings. The van der Waals surface area contributed by atoms with Crippen LogP contribution in [0.5, 0.6) is 0 Å². The predicted molar refractivity (Wildman–Crippen MR) is 68.6 cm³/mol. The summed E-state index contributed by atoms with van der Waals surface area (Å²) in [6, 6.07) is 0. The molecule has 4 N–H and O–H groups in total. The largest absolute Gasteiger partial charge is 0.373 e. The van der Waals surface area contributed by atoms with E-state index in [0.29, 0.717) is 13.2 Å². The summed E-state index contributed by atoms with van der Waals surface area (Å²) >= 11 is 0. The van der Waals surface area contributed by atoms with Gasteiger partial charge in [-0.05, 0) is 19.8 Å². The first-order valence-electron chi connectivity index (χ1n) is 5.89. The van der Waals surface area contributed by atoms with Crippen molar-refractivity contribution in [3.05, 3.63) is 16.4 Å². The van der Waals surface area contributed by atoms with Crippen LogP contribution in [0.15, 0.2) is 6.33 Å². The molecule has 1 atom stereocenters. The van der Waals surface area contributed by atoms with Crippen molar-refractivity contribution in [1.82, 2.24) is 9.97 Å². The molecule has 0 radical (unpaired) electrons. The van der Waals surface area contributed by atoms with E-state index in [4.69, 9.17) is 10.6 Å². The minimum atomic E-state index is -0.574. The van der Waals surface area contributed by atoms with Crippen LogP contribution in [0.1, 0.15) is 19.8 Å². The molecule has 0 aliphatic carbocycles. The van der Waals surface area contributed by atoms with Crippen molar-refractivity contribution in [3.63, 3.8) is 0 Å². The van der Waals surface area contributed by atoms with Crippen molar-refractivity contribution in [2.45, 2.75) is 25.4 Å². The van der Waals surface area contributed by atoms with Crippen molar-refractivity contribution in [2.24, 2.45) is 5.84 Å². The van der Waals surface area contributed by atoms with Gasteiger partial charge in [-0.15, -0.1) is 0 Å². The number of nitrogen functional groups attached to an aromatic ring is 1. The molecular formula is C10H16N6O3. The number of nitrogens with zero attached hydrogens (tertiary/aromatic N) is 3. The molecule has 0 bridgehead atoms. The number of nitro groups is 1. The molecule has 0 aromatic carbocycles. The lowest BCUT2D eigenvalue weighted by Crippen LogP contribution is -2.33. The second-order valence-corrected chi connectivity index (χ2v) is 4.58. The van der Waals surface area contributed by atoms with E-state index in [9.17, 15) is 10.1 Å². The van der Waals surface area contributed by atoms with E-state index in [0.717, 1.165) is 12.8 Å². The molecule has 19 heavy (non-hydrogen) atoms. The van der Waals surface area contributed by atoms with Crippen molar-refractivity contribution < 1.29 is 9.66 Å². The maximum atomic E-state index is 11.0. The lowest BCUT2D eigenvalue weighted by molar-refractivity contribution is -0.383. The molecule has 2 heterocycles. The zero-order valence-corrected chi connectivity index (χ0v) is 10.5. The Morgan fingerprint density at radius 1 is 1.58 bits per heavy atom. The van der Waals surface area contributed by atoms with E-state index >= 15 is 0 Å². The first-order valence-corrected chi connectivity index (χ1v) is 5.89. The normalized spacial score (nSPS) is 22.2. The van der Waals surface area contributed by atoms with Crippen molar-refractivity contribution in [1.29, 1.82) is 0 Å². The number of hydrogen-bond acceptors (Lipinski definition) is 8. The van der Waals surface area contributed by atoms with Crippen LogP contribution in [-0.4, -0.2) is 33.6 Å². The van der Waals surface area contributed by atoms with Gasteiger partial charge in [-0.1, -0.05) is 0 Å². The minimum absolute atomic E-state index is 0.0278. The molecule has 0 saturated carbocycles. The number of ether oxygens (including phenoxy) is 1. The lowest BCUT2D eigenvalue weighted by atomic mass is 10.0. The number of hydrazine groups is 1. The molecule has 9 heteroatoms. The van der Waals surface area contributed by atoms with Crippen LogP contribution in [0.3, 0.4) is 0 Å². The van der Waals surface area contributed by atoms with E-state index in [1.54, 1.807) is 0 Å². The molecule has 1 aliphatic heterocycles. The summed E-state index contributed by atoms with van der Waals surface area (Å²) < 4.78 is 5.60. The summed E-state index contributed by atoms with van der Waals surface area (Å²) in [5.41, 5.74) is 1.59. The Balaban J connectivity index is 2.17. The summed E-state index contributed by atoms with van der Waals surface area (Å²) in [7, 11) is 0. The number of anilines is 2. The SMILES string of the molecule is CC1(CNc2ncnc(NN)c2[N+](=O)[O-])CCCO1. The molecular weight excluding hydrogens is 252 g/mol. The Hall–Kier alpha value is -2.00. The Kier molecular flexibility index (Phi) is 3.76. The molecule has 1 aromatic heterocycles. The van der Waals surface area contributed by atoms with Gasteiger partial charge in [0.1, 0.15) is 6.33 Å². The van der Waals surface area contributed by atoms with Crippen molar-refractivity contribution in [2.75, 3.05) is 23.9 Å². The molecule has 1 aromatic rings. The average molecular weight is 268 g/mol. The Bertz CT molecular complexity index is 474. The van der Waals surface area contributed by atoms with Crippen molar-refractivity contribution in [3.8, 4) is 0 Å². The fourth-order valence-corrected chi connectivity index (χ4v) is 2.03. The molecule has 1 aliphatic rings. The highest BCUT2D eigenvalue weighted by atomic mass is 16.6. The molecule has 2 rings (SSSR count). The standard InChI is InChI=1S/C10H16N6O3/c1-10(3-2-4-19-10)5-12-8-7(16(17)18)9(15-11)14-6-13-8/h6H,2-5,11H2,1H3,(H2,12,13,14,15). The summed E-state index contributed by atoms with van der Waals surface area (Å²) in [5, 5.41) is 14.0. The van der Waals surface area contributed by atoms with Crippen LogP contribution in [0.4, 0.5) is 17.3 Å². The summed E-state index contributed by atoms with van der Waals surface area (Å²) in [4.78, 5) is 18.1. The third-order valence-electron chi connectivity index (χ3n) is 3.07. The Morgan fingerprint density at radius 3 is 2.89 bits per heavy atom. The van der Waals surface area contributed by atoms with E-state index in [2.05, 4.69) is 20.7 Å². The van der Waals surface area contributed by atoms with Gasteiger partial charge in [0.15, 0.2) is 0 Å². The topological polar surface area (TPSA) is 128 Å². The summed E-state index contributed by atoms with van der Waals surface area (Å²) in [6.45, 7) is 3.11. The molecule has 9 nitrogen and oxygen atoms in total. The van der Waals surface area contributed by atoms with Gasteiger partial charge >= 0.3 is 5.69 Å². The van der Waals surface area contributed by atoms with Gasteiger partial charge in [0.25, 0.3) is 0 Å². The smallest absolute Gasteiger partial charge is 0.354 e. The van der Waals surface area contributed by atoms with E-state index in [1.165, 1.54) is 6.33 Å². The zero-order chi connectivity index (χ0) is 13.9. The highest BCUT2D eigenvalue weighted by molar-refractivity contribution is 5.68. The fourth-order valence-electron chi connectivity index (χ4n) is 2.03. The molecule has 0 spiro atoms. The Labute approximate surface area is 109 Å². The molecule has 104 valence electrons. The number of rotatable bonds is 5. The number of hydrogen-bond donors (Lipinski definition) is 3. The van der Waals surface area contributed by atoms with Crippen LogP contribution in [0, 0.1) is 10.1 Å². The van der Waals surface area contributed by atoms with Crippen LogP contribution < -0.4 is 16.6 Å². The Morgan fingerprint density at radius 2 is 2.32 bits per heavy atom. The van der Waals surface area contributed by atoms with Gasteiger partial charge in [-0.3, -0.25) is 10.1 Å². The van der Waals surface area contributed by atoms with Gasteiger partial charge in [-0.2, -0.15) is 0 Å². The van der Waals surface area contributed by atoms with Crippen molar-refractivity contribution >= 4 is 17.3 Å². The highest BCUT2D eigenvalue weighted by Crippen LogP contribution is 2.30. The average Bonchev–Trinajstić information content (AvgIpc) is 2.83. The maximum Gasteiger partial charge on any atom is 0.354 e. The van der Waals surface area contributed by atoms with Gasteiger partial charge in [0, 0.05) is 13.2 Å². The maximum absolute atomic E-state index is 11.0. The van der Waals surface area contributed by atoms with Gasteiger partial charge in [-0.25, -0.2) is 15.8 Å². The number of nitrogens with two attached hydrogens (primary N) is 1. The third kappa shape index (κ3) is 2.88. The first kappa shape index (κ1) is 13.4. The predicted octanol–water partition coefficient (Wildman–Crippen LogP) is 0.651. The van der Waals surface area contributed by atoms with Gasteiger partial charge in [0.2, 0.25) is 11.6 Å². The van der Waals surface area contributed by atoms with Gasteiger partial charge < -0.3 is 15.5 Å². The first-order chi connectivity index (χ1) is 9.06. The monoisotopic (exact) mass is 268 g/mol. The fraction of sp³-hybridized carbons (Fsp3) is 0.600. The van der Waals surface area contributed by atoms with E-state index in [-0.39, 0.29) is 22.9 Å². The van der Waals surface area contributed by atoms with Crippen LogP contribution in [-0.2, 0) is 4.74 Å². The summed E-state index contributed by atoms with van der Waals surface area (Å²) in [6.07, 6.45) is 3.10. The second kappa shape index (κ2) is 5.33. The number of aromatic nitrogens is 2. The molecule has 0 amide bonds. The van der Waals surface area contributed by atoms with Crippen LogP contribution in [0.2, 0.25) is 0 Å². The van der Waals surface area contributed by atoms with Crippen LogP contribution in [0.25, 0.3) is 0 Å². The third-order valence-corrected chi connectivity index (χ3v) is 3.07. The minimum Gasteiger partial charge on any atom is -0.373 e. The van der Waals surface area contributed by atoms with E-state index < -0.39 is 4.92 Å². The van der Waals surface area contributed by atoms with Gasteiger partial charge in [0.05, 0.1) is 10.5 Å². The summed E-state index contributed by atoms with van der Waals surface area (Å²) in [5.74, 6) is 5.31. The highest BCUT2D eigenvalue weighted by Gasteiger charge is 2.31. The van der Waals surface area contributed by atoms with E-state index in [1.807, 2.05) is 6.92 Å². The van der Waals surface area contributed by atoms with Crippen LogP contribution >= 0.6 is 0 Å². The second-order valence-electron chi connectivity index (χ2n) is 4.58.